The van der Waals surface area contributed by atoms with Crippen molar-refractivity contribution in [2.24, 2.45) is 0 Å². The molecule has 1 saturated heterocycles. The van der Waals surface area contributed by atoms with Gasteiger partial charge in [-0.15, -0.1) is 0 Å². The van der Waals surface area contributed by atoms with Crippen LogP contribution in [-0.2, 0) is 14.3 Å². The maximum absolute atomic E-state index is 10.1. The van der Waals surface area contributed by atoms with E-state index in [0.29, 0.717) is 0 Å². The molecule has 1 heterocycles. The van der Waals surface area contributed by atoms with Crippen molar-refractivity contribution < 1.29 is 14.3 Å². The third kappa shape index (κ3) is 19.4. The third-order valence-electron chi connectivity index (χ3n) is 1.15. The minimum absolute atomic E-state index is 0.204. The van der Waals surface area contributed by atoms with Gasteiger partial charge in [-0.1, -0.05) is 6.58 Å². The number of ether oxygens (including phenoxy) is 1. The van der Waals surface area contributed by atoms with E-state index in [0.717, 1.165) is 25.6 Å². The Morgan fingerprint density at radius 2 is 2.13 bits per heavy atom. The zero-order valence-electron chi connectivity index (χ0n) is 8.99. The van der Waals surface area contributed by atoms with Crippen molar-refractivity contribution in [3.63, 3.8) is 0 Å². The molecule has 1 N–H and O–H groups in total. The molecule has 0 aliphatic carbocycles. The van der Waals surface area contributed by atoms with Crippen molar-refractivity contribution in [2.45, 2.75) is 19.8 Å². The molecule has 0 bridgehead atoms. The zero-order chi connectivity index (χ0) is 12.1. The van der Waals surface area contributed by atoms with Crippen LogP contribution < -0.4 is 5.32 Å². The van der Waals surface area contributed by atoms with Gasteiger partial charge in [-0.05, 0) is 6.42 Å². The Morgan fingerprint density at radius 3 is 2.20 bits per heavy atom. The number of amides is 1. The SMILES string of the molecule is C=COC(C)=O.C=C[AsH2].O=C1CCCN1. The van der Waals surface area contributed by atoms with Crippen LogP contribution in [0.1, 0.15) is 19.8 Å². The molecule has 1 aliphatic rings. The summed E-state index contributed by atoms with van der Waals surface area (Å²) in [6, 6.07) is 0. The molecule has 1 fully saturated rings. The Kier molecular flexibility index (Phi) is 14.2. The first kappa shape index (κ1) is 16.4. The van der Waals surface area contributed by atoms with Gasteiger partial charge in [-0.3, -0.25) is 9.59 Å². The van der Waals surface area contributed by atoms with Crippen LogP contribution in [0.5, 0.6) is 0 Å². The fourth-order valence-electron chi connectivity index (χ4n) is 0.682. The van der Waals surface area contributed by atoms with Gasteiger partial charge in [0.15, 0.2) is 0 Å². The van der Waals surface area contributed by atoms with Gasteiger partial charge in [0, 0.05) is 19.9 Å². The fourth-order valence-corrected chi connectivity index (χ4v) is 0.682. The van der Waals surface area contributed by atoms with Gasteiger partial charge in [-0.25, -0.2) is 0 Å². The predicted molar refractivity (Wildman–Crippen MR) is 62.9 cm³/mol. The molecule has 5 heteroatoms. The first-order valence-electron chi connectivity index (χ1n) is 4.46. The molecular weight excluding hydrogens is 257 g/mol. The van der Waals surface area contributed by atoms with Crippen molar-refractivity contribution in [3.05, 3.63) is 24.3 Å². The minimum Gasteiger partial charge on any atom is -0.356 e. The zero-order valence-corrected chi connectivity index (χ0v) is 11.4. The van der Waals surface area contributed by atoms with Gasteiger partial charge in [0.05, 0.1) is 6.26 Å². The maximum Gasteiger partial charge on any atom is 0.220 e. The molecule has 15 heavy (non-hydrogen) atoms. The summed E-state index contributed by atoms with van der Waals surface area (Å²) in [7, 11) is 0. The molecule has 0 spiro atoms. The summed E-state index contributed by atoms with van der Waals surface area (Å²) in [6.45, 7) is 8.76. The first-order valence-corrected chi connectivity index (χ1v) is 5.85. The van der Waals surface area contributed by atoms with Crippen molar-refractivity contribution in [1.82, 2.24) is 5.32 Å². The molecule has 1 aliphatic heterocycles. The first-order chi connectivity index (χ1) is 7.08. The number of esters is 1. The van der Waals surface area contributed by atoms with Gasteiger partial charge in [0.25, 0.3) is 0 Å². The van der Waals surface area contributed by atoms with Gasteiger partial charge >= 0.3 is 34.3 Å². The van der Waals surface area contributed by atoms with Crippen LogP contribution in [0.25, 0.3) is 0 Å². The van der Waals surface area contributed by atoms with E-state index in [9.17, 15) is 9.59 Å². The Bertz CT molecular complexity index is 209. The minimum atomic E-state index is -0.329. The van der Waals surface area contributed by atoms with Crippen LogP contribution in [0.15, 0.2) is 24.3 Å². The average Bonchev–Trinajstić information content (AvgIpc) is 2.58. The molecule has 1 atom stereocenters. The van der Waals surface area contributed by atoms with E-state index in [-0.39, 0.29) is 11.9 Å². The van der Waals surface area contributed by atoms with E-state index in [1.54, 1.807) is 16.9 Å². The smallest absolute Gasteiger partial charge is 0.220 e. The second kappa shape index (κ2) is 13.0. The summed E-state index contributed by atoms with van der Waals surface area (Å²) in [4.78, 5) is 21.7. The Balaban J connectivity index is 0. The number of hydrogen-bond acceptors (Lipinski definition) is 3. The Labute approximate surface area is 99.3 Å². The molecule has 86 valence electrons. The molecule has 4 nitrogen and oxygen atoms in total. The monoisotopic (exact) mass is 275 g/mol. The normalized spacial score (nSPS) is 12.0. The van der Waals surface area contributed by atoms with E-state index in [2.05, 4.69) is 23.2 Å². The van der Waals surface area contributed by atoms with Gasteiger partial charge < -0.3 is 10.1 Å². The summed E-state index contributed by atoms with van der Waals surface area (Å²) in [6.07, 6.45) is 2.86. The third-order valence-corrected chi connectivity index (χ3v) is 1.15. The number of hydrogen-bond donors (Lipinski definition) is 1. The van der Waals surface area contributed by atoms with Crippen molar-refractivity contribution in [2.75, 3.05) is 6.54 Å². The van der Waals surface area contributed by atoms with Gasteiger partial charge in [-0.2, -0.15) is 0 Å². The fraction of sp³-hybridized carbons (Fsp3) is 0.400. The predicted octanol–water partition coefficient (Wildman–Crippen LogP) is 0.352. The van der Waals surface area contributed by atoms with Crippen LogP contribution >= 0.6 is 0 Å². The quantitative estimate of drug-likeness (QED) is 0.427. The molecule has 1 amide bonds. The summed E-state index contributed by atoms with van der Waals surface area (Å²) < 4.78 is 4.17. The van der Waals surface area contributed by atoms with Crippen molar-refractivity contribution in [1.29, 1.82) is 0 Å². The molecule has 0 saturated carbocycles. The Morgan fingerprint density at radius 1 is 1.60 bits per heavy atom. The molecule has 1 unspecified atom stereocenters. The largest absolute Gasteiger partial charge is 0.356 e. The van der Waals surface area contributed by atoms with E-state index >= 15 is 0 Å². The maximum atomic E-state index is 10.1. The number of rotatable bonds is 1. The van der Waals surface area contributed by atoms with E-state index in [1.807, 2.05) is 4.86 Å². The van der Waals surface area contributed by atoms with Crippen LogP contribution in [0.3, 0.4) is 0 Å². The van der Waals surface area contributed by atoms with Gasteiger partial charge in [0.2, 0.25) is 5.91 Å². The van der Waals surface area contributed by atoms with Crippen molar-refractivity contribution >= 4 is 28.7 Å². The van der Waals surface area contributed by atoms with E-state index in [4.69, 9.17) is 0 Å². The summed E-state index contributed by atoms with van der Waals surface area (Å²) in [5.41, 5.74) is 0. The van der Waals surface area contributed by atoms with Crippen LogP contribution in [-0.4, -0.2) is 35.3 Å². The number of nitrogens with one attached hydrogen (secondary N) is 1. The van der Waals surface area contributed by atoms with Crippen LogP contribution in [0, 0.1) is 0 Å². The molecule has 0 aromatic carbocycles. The van der Waals surface area contributed by atoms with Crippen molar-refractivity contribution in [3.8, 4) is 0 Å². The Hall–Kier alpha value is -1.02. The average molecular weight is 275 g/mol. The number of carbonyl (C=O) groups excluding carboxylic acids is 2. The molecule has 0 aromatic rings. The molecular formula is C10H18AsNO3. The summed E-state index contributed by atoms with van der Waals surface area (Å²) in [5, 5.41) is 2.68. The molecule has 0 aromatic heterocycles. The molecule has 1 rings (SSSR count). The van der Waals surface area contributed by atoms with Crippen LogP contribution in [0.4, 0.5) is 0 Å². The van der Waals surface area contributed by atoms with E-state index in [1.165, 1.54) is 6.92 Å². The van der Waals surface area contributed by atoms with Gasteiger partial charge in [0.1, 0.15) is 0 Å². The summed E-state index contributed by atoms with van der Waals surface area (Å²) >= 11 is 1.55. The second-order valence-corrected chi connectivity index (χ2v) is 3.45. The second-order valence-electron chi connectivity index (χ2n) is 2.47. The van der Waals surface area contributed by atoms with Crippen LogP contribution in [0.2, 0.25) is 0 Å². The molecule has 0 radical (unpaired) electrons. The summed E-state index contributed by atoms with van der Waals surface area (Å²) in [5.74, 6) is -0.125. The number of carbonyl (C=O) groups is 2. The topological polar surface area (TPSA) is 55.4 Å². The van der Waals surface area contributed by atoms with E-state index < -0.39 is 0 Å². The standard InChI is InChI=1S/C4H7NO.C4H6O2.C2H5As/c6-4-2-1-3-5-4;1-3-6-4(2)5;1-2-3/h1-3H2,(H,5,6);3H,1H2,2H3;2H,1,3H2.